The molecule has 308 valence electrons. The number of benzene rings is 6. The summed E-state index contributed by atoms with van der Waals surface area (Å²) in [5.74, 6) is 0.0110. The van der Waals surface area contributed by atoms with E-state index in [0.717, 1.165) is 26.7 Å². The molecule has 3 unspecified atom stereocenters. The summed E-state index contributed by atoms with van der Waals surface area (Å²) in [5.41, 5.74) is 4.78. The number of ether oxygens (including phenoxy) is 2. The lowest BCUT2D eigenvalue weighted by Crippen LogP contribution is -2.69. The van der Waals surface area contributed by atoms with E-state index in [9.17, 15) is 14.4 Å². The summed E-state index contributed by atoms with van der Waals surface area (Å²) >= 11 is 3.65. The van der Waals surface area contributed by atoms with Gasteiger partial charge >= 0.3 is 6.03 Å². The highest BCUT2D eigenvalue weighted by Gasteiger charge is 2.53. The van der Waals surface area contributed by atoms with E-state index in [1.165, 1.54) is 4.90 Å². The van der Waals surface area contributed by atoms with E-state index >= 15 is 0 Å². The quantitative estimate of drug-likeness (QED) is 0.103. The summed E-state index contributed by atoms with van der Waals surface area (Å²) < 4.78 is 13.9. The van der Waals surface area contributed by atoms with Crippen LogP contribution in [-0.2, 0) is 10.3 Å². The predicted molar refractivity (Wildman–Crippen MR) is 240 cm³/mol. The van der Waals surface area contributed by atoms with Gasteiger partial charge in [0.25, 0.3) is 11.8 Å². The monoisotopic (exact) mass is 874 g/mol. The van der Waals surface area contributed by atoms with Crippen LogP contribution in [0.3, 0.4) is 0 Å². The number of rotatable bonds is 11. The fourth-order valence-corrected chi connectivity index (χ4v) is 9.79. The van der Waals surface area contributed by atoms with E-state index in [-0.39, 0.29) is 48.3 Å². The molecule has 9 nitrogen and oxygen atoms in total. The maximum Gasteiger partial charge on any atom is 0.321 e. The van der Waals surface area contributed by atoms with Crippen molar-refractivity contribution in [3.8, 4) is 5.75 Å². The predicted octanol–water partition coefficient (Wildman–Crippen LogP) is 9.45. The van der Waals surface area contributed by atoms with Gasteiger partial charge < -0.3 is 19.7 Å². The Labute approximate surface area is 365 Å². The van der Waals surface area contributed by atoms with Crippen molar-refractivity contribution >= 4 is 39.5 Å². The minimum absolute atomic E-state index is 0.0116. The fraction of sp³-hybridized carbons (Fsp3) is 0.235. The smallest absolute Gasteiger partial charge is 0.321 e. The second-order valence-electron chi connectivity index (χ2n) is 16.0. The Morgan fingerprint density at radius 3 is 1.79 bits per heavy atom. The van der Waals surface area contributed by atoms with Crippen molar-refractivity contribution in [2.24, 2.45) is 5.92 Å². The first kappa shape index (κ1) is 40.3. The number of hydrogen-bond donors (Lipinski definition) is 1. The lowest BCUT2D eigenvalue weighted by atomic mass is 9.73. The summed E-state index contributed by atoms with van der Waals surface area (Å²) in [7, 11) is 1.61. The van der Waals surface area contributed by atoms with Gasteiger partial charge in [0, 0.05) is 54.3 Å². The van der Waals surface area contributed by atoms with Gasteiger partial charge in [-0.2, -0.15) is 0 Å². The van der Waals surface area contributed by atoms with Gasteiger partial charge in [0.2, 0.25) is 0 Å². The topological polar surface area (TPSA) is 91.4 Å². The standard InChI is InChI=1S/C51H47BrN4O5/c1-60-42-27-25-41(26-28-42)53-50(59)54-30-29-35(32-56-48(57)43-19-11-12-20-44(43)49(56)58)31-55-45(33-54)47(36-21-23-40(52)24-22-36)46(55)34-61-51(37-13-5-2-6-14-37,38-15-7-3-8-16-38)39-17-9-4-10-18-39/h2-28,35,45-47H,29-34H2,1H3,(H,53,59)/t35?,45?,46-,47?/m1/s1. The van der Waals surface area contributed by atoms with Crippen molar-refractivity contribution in [3.05, 3.63) is 202 Å². The number of hydrogen-bond acceptors (Lipinski definition) is 6. The zero-order valence-electron chi connectivity index (χ0n) is 33.9. The van der Waals surface area contributed by atoms with E-state index in [0.29, 0.717) is 55.2 Å². The number of methoxy groups -OCH3 is 1. The number of anilines is 1. The minimum Gasteiger partial charge on any atom is -0.497 e. The lowest BCUT2D eigenvalue weighted by molar-refractivity contribution is -0.109. The molecule has 0 aromatic heterocycles. The van der Waals surface area contributed by atoms with Crippen LogP contribution in [0, 0.1) is 5.92 Å². The molecule has 6 aromatic rings. The van der Waals surface area contributed by atoms with Crippen LogP contribution in [0.1, 0.15) is 55.3 Å². The van der Waals surface area contributed by atoms with E-state index < -0.39 is 5.60 Å². The van der Waals surface area contributed by atoms with Crippen LogP contribution in [0.25, 0.3) is 0 Å². The van der Waals surface area contributed by atoms with Gasteiger partial charge in [0.05, 0.1) is 24.8 Å². The molecule has 2 saturated heterocycles. The molecular weight excluding hydrogens is 828 g/mol. The first-order chi connectivity index (χ1) is 29.8. The van der Waals surface area contributed by atoms with Crippen LogP contribution in [0.4, 0.5) is 10.5 Å². The third kappa shape index (κ3) is 7.87. The van der Waals surface area contributed by atoms with Crippen LogP contribution in [0.5, 0.6) is 5.75 Å². The molecule has 2 fully saturated rings. The number of urea groups is 1. The van der Waals surface area contributed by atoms with Crippen molar-refractivity contribution in [2.45, 2.75) is 30.0 Å². The van der Waals surface area contributed by atoms with E-state index in [2.05, 4.69) is 123 Å². The average molecular weight is 876 g/mol. The number of imide groups is 1. The number of halogens is 1. The number of fused-ring (bicyclic) bond motifs is 2. The third-order valence-corrected chi connectivity index (χ3v) is 13.1. The van der Waals surface area contributed by atoms with Gasteiger partial charge in [-0.05, 0) is 83.1 Å². The number of carbonyl (C=O) groups is 3. The van der Waals surface area contributed by atoms with Crippen molar-refractivity contribution in [1.82, 2.24) is 14.7 Å². The SMILES string of the molecule is COc1ccc(NC(=O)N2CCC(CN3C(=O)c4ccccc4C3=O)CN3C(C2)C(c2ccc(Br)cc2)[C@H]3COC(c2ccccc2)(c2ccccc2)c2ccccc2)cc1. The molecule has 1 N–H and O–H groups in total. The first-order valence-corrected chi connectivity index (χ1v) is 21.6. The molecule has 3 aliphatic heterocycles. The molecule has 0 radical (unpaired) electrons. The molecule has 4 atom stereocenters. The van der Waals surface area contributed by atoms with E-state index in [1.54, 1.807) is 31.4 Å². The third-order valence-electron chi connectivity index (χ3n) is 12.6. The van der Waals surface area contributed by atoms with Gasteiger partial charge in [0.15, 0.2) is 0 Å². The van der Waals surface area contributed by atoms with Gasteiger partial charge in [-0.25, -0.2) is 4.79 Å². The lowest BCUT2D eigenvalue weighted by Gasteiger charge is -2.59. The van der Waals surface area contributed by atoms with Gasteiger partial charge in [-0.15, -0.1) is 0 Å². The largest absolute Gasteiger partial charge is 0.497 e. The van der Waals surface area contributed by atoms with Crippen LogP contribution >= 0.6 is 15.9 Å². The highest BCUT2D eigenvalue weighted by atomic mass is 79.9. The van der Waals surface area contributed by atoms with Crippen molar-refractivity contribution in [1.29, 1.82) is 0 Å². The molecule has 3 heterocycles. The summed E-state index contributed by atoms with van der Waals surface area (Å²) in [5, 5.41) is 3.12. The number of nitrogens with zero attached hydrogens (tertiary/aromatic N) is 3. The summed E-state index contributed by atoms with van der Waals surface area (Å²) in [6.45, 7) is 2.13. The second kappa shape index (κ2) is 17.5. The zero-order valence-corrected chi connectivity index (χ0v) is 35.5. The molecule has 4 amide bonds. The average Bonchev–Trinajstić information content (AvgIpc) is 3.54. The Balaban J connectivity index is 1.09. The second-order valence-corrected chi connectivity index (χ2v) is 16.9. The first-order valence-electron chi connectivity index (χ1n) is 20.8. The zero-order chi connectivity index (χ0) is 41.9. The molecule has 6 aromatic carbocycles. The molecule has 0 bridgehead atoms. The highest BCUT2D eigenvalue weighted by molar-refractivity contribution is 9.10. The van der Waals surface area contributed by atoms with Gasteiger partial charge in [-0.1, -0.05) is 131 Å². The molecule has 10 heteroatoms. The van der Waals surface area contributed by atoms with Crippen molar-refractivity contribution < 1.29 is 23.9 Å². The van der Waals surface area contributed by atoms with Crippen LogP contribution in [-0.4, -0.2) is 84.5 Å². The molecular formula is C51H47BrN4O5. The van der Waals surface area contributed by atoms with Gasteiger partial charge in [0.1, 0.15) is 11.4 Å². The normalized spacial score (nSPS) is 20.2. The number of carbonyl (C=O) groups excluding carboxylic acids is 3. The fourth-order valence-electron chi connectivity index (χ4n) is 9.53. The Bertz CT molecular complexity index is 2360. The van der Waals surface area contributed by atoms with Gasteiger partial charge in [-0.3, -0.25) is 19.4 Å². The van der Waals surface area contributed by atoms with E-state index in [1.807, 2.05) is 47.4 Å². The maximum atomic E-state index is 14.3. The van der Waals surface area contributed by atoms with Crippen LogP contribution in [0.2, 0.25) is 0 Å². The Kier molecular flexibility index (Phi) is 11.6. The Hall–Kier alpha value is -6.07. The number of amides is 4. The van der Waals surface area contributed by atoms with Crippen LogP contribution < -0.4 is 10.1 Å². The molecule has 0 aliphatic carbocycles. The van der Waals surface area contributed by atoms with Crippen molar-refractivity contribution in [2.75, 3.05) is 45.2 Å². The molecule has 61 heavy (non-hydrogen) atoms. The molecule has 0 spiro atoms. The van der Waals surface area contributed by atoms with Crippen molar-refractivity contribution in [3.63, 3.8) is 0 Å². The molecule has 9 rings (SSSR count). The Morgan fingerprint density at radius 2 is 1.25 bits per heavy atom. The molecule has 0 saturated carbocycles. The highest BCUT2D eigenvalue weighted by Crippen LogP contribution is 2.47. The van der Waals surface area contributed by atoms with E-state index in [4.69, 9.17) is 9.47 Å². The Morgan fingerprint density at radius 1 is 0.705 bits per heavy atom. The molecule has 3 aliphatic rings. The summed E-state index contributed by atoms with van der Waals surface area (Å²) in [6.07, 6.45) is 0.588. The number of nitrogens with one attached hydrogen (secondary N) is 1. The van der Waals surface area contributed by atoms with Crippen LogP contribution in [0.15, 0.2) is 168 Å². The summed E-state index contributed by atoms with van der Waals surface area (Å²) in [6, 6.07) is 53.5. The maximum absolute atomic E-state index is 14.3. The minimum atomic E-state index is -0.939. The summed E-state index contributed by atoms with van der Waals surface area (Å²) in [4.78, 5) is 47.5.